The molecule has 0 aliphatic rings. The number of carbonyl (C=O) groups is 2. The third kappa shape index (κ3) is 5.85. The maximum atomic E-state index is 14.6. The third-order valence-corrected chi connectivity index (χ3v) is 5.76. The van der Waals surface area contributed by atoms with Crippen molar-refractivity contribution in [1.82, 2.24) is 15.6 Å². The maximum absolute atomic E-state index is 14.6. The van der Waals surface area contributed by atoms with Crippen molar-refractivity contribution in [3.8, 4) is 28.5 Å². The van der Waals surface area contributed by atoms with Gasteiger partial charge in [-0.15, -0.1) is 0 Å². The van der Waals surface area contributed by atoms with E-state index in [1.54, 1.807) is 6.07 Å². The number of furan rings is 1. The van der Waals surface area contributed by atoms with Crippen LogP contribution in [0.25, 0.3) is 33.6 Å². The Hall–Kier alpha value is -4.99. The molecule has 0 unspecified atom stereocenters. The molecule has 0 aliphatic carbocycles. The molecule has 2 aromatic carbocycles. The Balaban J connectivity index is 1.96. The van der Waals surface area contributed by atoms with Crippen molar-refractivity contribution in [2.24, 2.45) is 0 Å². The first-order valence-corrected chi connectivity index (χ1v) is 11.7. The summed E-state index contributed by atoms with van der Waals surface area (Å²) in [5, 5.41) is 16.0. The van der Waals surface area contributed by atoms with E-state index in [4.69, 9.17) is 9.68 Å². The standard InChI is InChI=1S/C27H20F5N5O3/c1-13(11-33)36-24(38)18-9-15(5-8-20(18)29)17-10-19-21(25(39)34-2)22(14-3-6-16(28)7-4-14)40-26(19)37-23(17)35-12-27(30,31)32/h3-10,13H,12H2,1-2H3,(H,34,39)(H,35,37)(H,36,38)/t13-/m1/s1. The highest BCUT2D eigenvalue weighted by molar-refractivity contribution is 6.11. The van der Waals surface area contributed by atoms with Gasteiger partial charge in [0.25, 0.3) is 11.8 Å². The molecule has 40 heavy (non-hydrogen) atoms. The molecule has 8 nitrogen and oxygen atoms in total. The number of nitriles is 1. The van der Waals surface area contributed by atoms with E-state index >= 15 is 0 Å². The molecule has 4 rings (SSSR count). The van der Waals surface area contributed by atoms with Crippen LogP contribution in [0.3, 0.4) is 0 Å². The topological polar surface area (TPSA) is 120 Å². The molecule has 0 spiro atoms. The lowest BCUT2D eigenvalue weighted by Gasteiger charge is -2.14. The van der Waals surface area contributed by atoms with Gasteiger partial charge in [-0.05, 0) is 55.0 Å². The van der Waals surface area contributed by atoms with Gasteiger partial charge in [0, 0.05) is 18.2 Å². The number of anilines is 1. The van der Waals surface area contributed by atoms with E-state index in [-0.39, 0.29) is 39.4 Å². The number of aromatic nitrogens is 1. The second-order valence-electron chi connectivity index (χ2n) is 8.62. The van der Waals surface area contributed by atoms with Crippen LogP contribution >= 0.6 is 0 Å². The van der Waals surface area contributed by atoms with Gasteiger partial charge in [0.15, 0.2) is 0 Å². The molecule has 2 aromatic heterocycles. The van der Waals surface area contributed by atoms with Gasteiger partial charge in [0.05, 0.1) is 22.6 Å². The predicted octanol–water partition coefficient (Wildman–Crippen LogP) is 5.42. The summed E-state index contributed by atoms with van der Waals surface area (Å²) < 4.78 is 73.2. The summed E-state index contributed by atoms with van der Waals surface area (Å²) in [6.07, 6.45) is -4.63. The summed E-state index contributed by atoms with van der Waals surface area (Å²) in [7, 11) is 1.36. The SMILES string of the molecule is CNC(=O)c1c(-c2ccc(F)cc2)oc2nc(NCC(F)(F)F)c(-c3ccc(F)c(C(=O)N[C@H](C)C#N)c3)cc12. The van der Waals surface area contributed by atoms with E-state index in [0.717, 1.165) is 24.3 Å². The normalized spacial score (nSPS) is 12.1. The Bertz CT molecular complexity index is 1640. The van der Waals surface area contributed by atoms with E-state index in [1.807, 2.05) is 0 Å². The van der Waals surface area contributed by atoms with Gasteiger partial charge in [-0.3, -0.25) is 9.59 Å². The van der Waals surface area contributed by atoms with Crippen LogP contribution in [0, 0.1) is 23.0 Å². The number of pyridine rings is 1. The number of rotatable bonds is 7. The van der Waals surface area contributed by atoms with Crippen LogP contribution in [-0.2, 0) is 0 Å². The van der Waals surface area contributed by atoms with Crippen LogP contribution < -0.4 is 16.0 Å². The maximum Gasteiger partial charge on any atom is 0.405 e. The molecule has 0 saturated heterocycles. The molecule has 0 aliphatic heterocycles. The van der Waals surface area contributed by atoms with Gasteiger partial charge >= 0.3 is 6.18 Å². The quantitative estimate of drug-likeness (QED) is 0.261. The minimum absolute atomic E-state index is 0.00394. The number of alkyl halides is 3. The average Bonchev–Trinajstić information content (AvgIpc) is 3.29. The summed E-state index contributed by atoms with van der Waals surface area (Å²) in [6, 6.07) is 10.4. The predicted molar refractivity (Wildman–Crippen MR) is 135 cm³/mol. The molecule has 13 heteroatoms. The zero-order chi connectivity index (χ0) is 29.2. The highest BCUT2D eigenvalue weighted by Gasteiger charge is 2.29. The Morgan fingerprint density at radius 1 is 1.05 bits per heavy atom. The highest BCUT2D eigenvalue weighted by Crippen LogP contribution is 2.38. The number of fused-ring (bicyclic) bond motifs is 1. The fourth-order valence-electron chi connectivity index (χ4n) is 3.89. The largest absolute Gasteiger partial charge is 0.437 e. The van der Waals surface area contributed by atoms with E-state index in [0.29, 0.717) is 5.56 Å². The monoisotopic (exact) mass is 557 g/mol. The number of benzene rings is 2. The van der Waals surface area contributed by atoms with Gasteiger partial charge < -0.3 is 20.4 Å². The Labute approximate surface area is 223 Å². The minimum atomic E-state index is -4.63. The van der Waals surface area contributed by atoms with Crippen molar-refractivity contribution in [3.05, 3.63) is 71.3 Å². The van der Waals surface area contributed by atoms with Gasteiger partial charge in [-0.2, -0.15) is 23.4 Å². The van der Waals surface area contributed by atoms with E-state index in [1.165, 1.54) is 38.2 Å². The molecular weight excluding hydrogens is 537 g/mol. The molecule has 3 N–H and O–H groups in total. The summed E-state index contributed by atoms with van der Waals surface area (Å²) in [4.78, 5) is 29.6. The zero-order valence-electron chi connectivity index (χ0n) is 20.9. The number of hydrogen-bond acceptors (Lipinski definition) is 6. The van der Waals surface area contributed by atoms with E-state index in [2.05, 4.69) is 20.9 Å². The second kappa shape index (κ2) is 11.0. The van der Waals surface area contributed by atoms with Crippen LogP contribution in [0.4, 0.5) is 27.8 Å². The number of hydrogen-bond donors (Lipinski definition) is 3. The highest BCUT2D eigenvalue weighted by atomic mass is 19.4. The van der Waals surface area contributed by atoms with Crippen molar-refractivity contribution in [1.29, 1.82) is 5.26 Å². The number of amides is 2. The summed E-state index contributed by atoms with van der Waals surface area (Å²) in [5.74, 6) is -3.34. The Morgan fingerprint density at radius 3 is 2.35 bits per heavy atom. The van der Waals surface area contributed by atoms with Gasteiger partial charge in [0.1, 0.15) is 35.8 Å². The van der Waals surface area contributed by atoms with Crippen LogP contribution in [0.15, 0.2) is 52.9 Å². The molecule has 2 heterocycles. The molecule has 2 amide bonds. The lowest BCUT2D eigenvalue weighted by molar-refractivity contribution is -0.115. The van der Waals surface area contributed by atoms with Gasteiger partial charge in [-0.25, -0.2) is 8.78 Å². The second-order valence-corrected chi connectivity index (χ2v) is 8.62. The minimum Gasteiger partial charge on any atom is -0.437 e. The van der Waals surface area contributed by atoms with Crippen LogP contribution in [0.5, 0.6) is 0 Å². The molecule has 0 fully saturated rings. The first-order valence-electron chi connectivity index (χ1n) is 11.7. The molecule has 0 bridgehead atoms. The smallest absolute Gasteiger partial charge is 0.405 e. The average molecular weight is 557 g/mol. The van der Waals surface area contributed by atoms with Crippen LogP contribution in [-0.4, -0.2) is 42.6 Å². The number of halogens is 5. The zero-order valence-corrected chi connectivity index (χ0v) is 20.9. The van der Waals surface area contributed by atoms with Crippen molar-refractivity contribution in [3.63, 3.8) is 0 Å². The lowest BCUT2D eigenvalue weighted by atomic mass is 9.99. The molecule has 4 aromatic rings. The van der Waals surface area contributed by atoms with Crippen molar-refractivity contribution in [2.45, 2.75) is 19.1 Å². The first-order chi connectivity index (χ1) is 18.9. The third-order valence-electron chi connectivity index (χ3n) is 5.76. The summed E-state index contributed by atoms with van der Waals surface area (Å²) in [5.41, 5.74) is -0.306. The number of nitrogens with zero attached hydrogens (tertiary/aromatic N) is 2. The van der Waals surface area contributed by atoms with E-state index < -0.39 is 47.8 Å². The van der Waals surface area contributed by atoms with Crippen LogP contribution in [0.1, 0.15) is 27.6 Å². The van der Waals surface area contributed by atoms with Crippen molar-refractivity contribution in [2.75, 3.05) is 18.9 Å². The van der Waals surface area contributed by atoms with E-state index in [9.17, 15) is 31.5 Å². The number of nitrogens with one attached hydrogen (secondary N) is 3. The molecule has 1 atom stereocenters. The summed E-state index contributed by atoms with van der Waals surface area (Å²) in [6.45, 7) is -0.102. The van der Waals surface area contributed by atoms with Crippen LogP contribution in [0.2, 0.25) is 0 Å². The first kappa shape index (κ1) is 28.0. The lowest BCUT2D eigenvalue weighted by Crippen LogP contribution is -2.31. The molecular formula is C27H20F5N5O3. The molecule has 0 saturated carbocycles. The molecule has 206 valence electrons. The van der Waals surface area contributed by atoms with Gasteiger partial charge in [-0.1, -0.05) is 6.07 Å². The fourth-order valence-corrected chi connectivity index (χ4v) is 3.89. The summed E-state index contributed by atoms with van der Waals surface area (Å²) >= 11 is 0. The van der Waals surface area contributed by atoms with Crippen molar-refractivity contribution < 1.29 is 36.0 Å². The molecule has 0 radical (unpaired) electrons. The van der Waals surface area contributed by atoms with Crippen molar-refractivity contribution >= 4 is 28.7 Å². The van der Waals surface area contributed by atoms with Gasteiger partial charge in [0.2, 0.25) is 5.71 Å². The number of carbonyl (C=O) groups excluding carboxylic acids is 2. The Kier molecular flexibility index (Phi) is 7.72. The Morgan fingerprint density at radius 2 is 1.73 bits per heavy atom. The fraction of sp³-hybridized carbons (Fsp3) is 0.185.